The summed E-state index contributed by atoms with van der Waals surface area (Å²) >= 11 is 6.05. The zero-order valence-corrected chi connectivity index (χ0v) is 12.9. The predicted octanol–water partition coefficient (Wildman–Crippen LogP) is 2.44. The van der Waals surface area contributed by atoms with Crippen molar-refractivity contribution in [3.63, 3.8) is 0 Å². The van der Waals surface area contributed by atoms with Crippen molar-refractivity contribution in [3.05, 3.63) is 73.1 Å². The summed E-state index contributed by atoms with van der Waals surface area (Å²) in [5.74, 6) is -0.912. The van der Waals surface area contributed by atoms with E-state index in [9.17, 15) is 19.7 Å². The van der Waals surface area contributed by atoms with Crippen LogP contribution in [0.25, 0.3) is 0 Å². The summed E-state index contributed by atoms with van der Waals surface area (Å²) in [6, 6.07) is 8.01. The molecule has 7 nitrogen and oxygen atoms in total. The van der Waals surface area contributed by atoms with Crippen LogP contribution in [0.4, 0.5) is 5.69 Å². The van der Waals surface area contributed by atoms with Gasteiger partial charge in [-0.1, -0.05) is 29.8 Å². The molecule has 1 aromatic heterocycles. The Kier molecular flexibility index (Phi) is 5.13. The molecule has 0 unspecified atom stereocenters. The van der Waals surface area contributed by atoms with Crippen molar-refractivity contribution in [3.8, 4) is 0 Å². The number of ether oxygens (including phenoxy) is 1. The highest BCUT2D eigenvalue weighted by Gasteiger charge is 2.19. The molecule has 0 fully saturated rings. The van der Waals surface area contributed by atoms with Crippen LogP contribution in [0.15, 0.2) is 41.3 Å². The lowest BCUT2D eigenvalue weighted by Crippen LogP contribution is -2.27. The molecule has 0 spiro atoms. The quantitative estimate of drug-likeness (QED) is 0.475. The molecular formula is C15H13ClN2O5. The predicted molar refractivity (Wildman–Crippen MR) is 83.9 cm³/mol. The number of aryl methyl sites for hydroxylation is 2. The molecule has 0 amide bonds. The van der Waals surface area contributed by atoms with E-state index in [0.29, 0.717) is 11.4 Å². The maximum atomic E-state index is 12.3. The van der Waals surface area contributed by atoms with E-state index in [4.69, 9.17) is 11.6 Å². The van der Waals surface area contributed by atoms with Gasteiger partial charge in [0.2, 0.25) is 0 Å². The largest absolute Gasteiger partial charge is 0.465 e. The fourth-order valence-electron chi connectivity index (χ4n) is 2.08. The van der Waals surface area contributed by atoms with Crippen LogP contribution < -0.4 is 5.56 Å². The molecule has 0 aliphatic carbocycles. The van der Waals surface area contributed by atoms with Crippen molar-refractivity contribution in [1.29, 1.82) is 0 Å². The van der Waals surface area contributed by atoms with Crippen LogP contribution in [-0.4, -0.2) is 22.6 Å². The number of carbonyl (C=O) groups excluding carboxylic acids is 1. The van der Waals surface area contributed by atoms with E-state index in [1.54, 1.807) is 24.3 Å². The molecule has 23 heavy (non-hydrogen) atoms. The van der Waals surface area contributed by atoms with Gasteiger partial charge in [0.1, 0.15) is 5.56 Å². The normalized spacial score (nSPS) is 10.3. The fraction of sp³-hybridized carbons (Fsp3) is 0.200. The second kappa shape index (κ2) is 7.06. The van der Waals surface area contributed by atoms with Crippen LogP contribution in [0.1, 0.15) is 15.9 Å². The number of nitrogens with zero attached hydrogens (tertiary/aromatic N) is 2. The Morgan fingerprint density at radius 3 is 2.70 bits per heavy atom. The van der Waals surface area contributed by atoms with Gasteiger partial charge in [0.05, 0.1) is 18.2 Å². The van der Waals surface area contributed by atoms with Crippen LogP contribution in [0.2, 0.25) is 5.02 Å². The summed E-state index contributed by atoms with van der Waals surface area (Å²) in [4.78, 5) is 34.2. The molecule has 0 atom stereocenters. The first kappa shape index (κ1) is 16.7. The highest BCUT2D eigenvalue weighted by atomic mass is 35.5. The molecule has 8 heteroatoms. The number of hydrogen-bond donors (Lipinski definition) is 0. The Labute approximate surface area is 136 Å². The fourth-order valence-corrected chi connectivity index (χ4v) is 2.31. The Hall–Kier alpha value is -2.67. The number of hydrogen-bond acceptors (Lipinski definition) is 5. The van der Waals surface area contributed by atoms with Crippen molar-refractivity contribution in [1.82, 2.24) is 4.57 Å². The Bertz CT molecular complexity index is 816. The summed E-state index contributed by atoms with van der Waals surface area (Å²) in [6.45, 7) is 0.147. The van der Waals surface area contributed by atoms with Gasteiger partial charge in [0, 0.05) is 17.6 Å². The van der Waals surface area contributed by atoms with Crippen molar-refractivity contribution in [2.24, 2.45) is 0 Å². The third-order valence-corrected chi connectivity index (χ3v) is 3.64. The number of benzene rings is 1. The van der Waals surface area contributed by atoms with Gasteiger partial charge in [-0.3, -0.25) is 14.9 Å². The summed E-state index contributed by atoms with van der Waals surface area (Å²) < 4.78 is 5.61. The average molecular weight is 337 g/mol. The molecule has 0 aliphatic heterocycles. The Balaban J connectivity index is 2.39. The molecule has 1 aromatic carbocycles. The zero-order valence-electron chi connectivity index (χ0n) is 12.2. The number of halogens is 1. The van der Waals surface area contributed by atoms with E-state index in [0.717, 1.165) is 29.5 Å². The van der Waals surface area contributed by atoms with Crippen LogP contribution >= 0.6 is 11.6 Å². The minimum Gasteiger partial charge on any atom is -0.465 e. The second-order valence-corrected chi connectivity index (χ2v) is 5.11. The van der Waals surface area contributed by atoms with Crippen LogP contribution in [-0.2, 0) is 17.7 Å². The van der Waals surface area contributed by atoms with Crippen molar-refractivity contribution >= 4 is 23.3 Å². The number of methoxy groups -OCH3 is 1. The maximum Gasteiger partial charge on any atom is 0.343 e. The van der Waals surface area contributed by atoms with Gasteiger partial charge >= 0.3 is 5.97 Å². The minimum atomic E-state index is -0.912. The second-order valence-electron chi connectivity index (χ2n) is 4.70. The molecule has 0 saturated heterocycles. The van der Waals surface area contributed by atoms with Crippen molar-refractivity contribution in [2.75, 3.05) is 7.11 Å². The van der Waals surface area contributed by atoms with Gasteiger partial charge in [-0.2, -0.15) is 0 Å². The van der Waals surface area contributed by atoms with E-state index in [1.807, 2.05) is 0 Å². The first-order chi connectivity index (χ1) is 10.9. The number of rotatable bonds is 5. The minimum absolute atomic E-state index is 0.147. The highest BCUT2D eigenvalue weighted by Crippen LogP contribution is 2.17. The molecule has 2 rings (SSSR count). The third kappa shape index (κ3) is 3.75. The number of esters is 1. The third-order valence-electron chi connectivity index (χ3n) is 3.27. The van der Waals surface area contributed by atoms with E-state index < -0.39 is 16.5 Å². The number of pyridine rings is 1. The summed E-state index contributed by atoms with van der Waals surface area (Å²) in [7, 11) is 1.11. The van der Waals surface area contributed by atoms with Crippen LogP contribution in [0.3, 0.4) is 0 Å². The van der Waals surface area contributed by atoms with E-state index >= 15 is 0 Å². The van der Waals surface area contributed by atoms with Crippen molar-refractivity contribution in [2.45, 2.75) is 13.0 Å². The summed E-state index contributed by atoms with van der Waals surface area (Å²) in [6.07, 6.45) is 1.49. The van der Waals surface area contributed by atoms with Crippen molar-refractivity contribution < 1.29 is 14.5 Å². The van der Waals surface area contributed by atoms with E-state index in [1.165, 1.54) is 0 Å². The molecule has 2 aromatic rings. The van der Waals surface area contributed by atoms with Crippen LogP contribution in [0.5, 0.6) is 0 Å². The SMILES string of the molecule is COC(=O)c1cc([N+](=O)[O-])cn(CCc2ccccc2Cl)c1=O. The highest BCUT2D eigenvalue weighted by molar-refractivity contribution is 6.31. The van der Waals surface area contributed by atoms with Gasteiger partial charge in [-0.25, -0.2) is 4.79 Å². The molecule has 1 heterocycles. The monoisotopic (exact) mass is 336 g/mol. The lowest BCUT2D eigenvalue weighted by molar-refractivity contribution is -0.385. The maximum absolute atomic E-state index is 12.3. The first-order valence-corrected chi connectivity index (χ1v) is 7.02. The first-order valence-electron chi connectivity index (χ1n) is 6.64. The smallest absolute Gasteiger partial charge is 0.343 e. The average Bonchev–Trinajstić information content (AvgIpc) is 2.54. The zero-order chi connectivity index (χ0) is 17.0. The van der Waals surface area contributed by atoms with Gasteiger partial charge in [-0.15, -0.1) is 0 Å². The summed E-state index contributed by atoms with van der Waals surface area (Å²) in [5, 5.41) is 11.5. The molecule has 0 saturated carbocycles. The molecule has 0 radical (unpaired) electrons. The standard InChI is InChI=1S/C15H13ClN2O5/c1-23-15(20)12-8-11(18(21)22)9-17(14(12)19)7-6-10-4-2-3-5-13(10)16/h2-5,8-9H,6-7H2,1H3. The van der Waals surface area contributed by atoms with Crippen LogP contribution in [0, 0.1) is 10.1 Å². The van der Waals surface area contributed by atoms with Gasteiger partial charge in [0.25, 0.3) is 11.2 Å². The Morgan fingerprint density at radius 1 is 1.39 bits per heavy atom. The molecular weight excluding hydrogens is 324 g/mol. The lowest BCUT2D eigenvalue weighted by Gasteiger charge is -2.09. The number of nitro groups is 1. The van der Waals surface area contributed by atoms with E-state index in [2.05, 4.69) is 4.74 Å². The van der Waals surface area contributed by atoms with E-state index in [-0.39, 0.29) is 17.8 Å². The van der Waals surface area contributed by atoms with Gasteiger partial charge in [-0.05, 0) is 18.1 Å². The van der Waals surface area contributed by atoms with Gasteiger partial charge < -0.3 is 9.30 Å². The molecule has 0 bridgehead atoms. The molecule has 0 aliphatic rings. The molecule has 0 N–H and O–H groups in total. The lowest BCUT2D eigenvalue weighted by atomic mass is 10.1. The number of aromatic nitrogens is 1. The van der Waals surface area contributed by atoms with Gasteiger partial charge in [0.15, 0.2) is 0 Å². The Morgan fingerprint density at radius 2 is 2.09 bits per heavy atom. The summed E-state index contributed by atoms with van der Waals surface area (Å²) in [5.41, 5.74) is -0.577. The number of carbonyl (C=O) groups is 1. The topological polar surface area (TPSA) is 91.4 Å². The molecule has 120 valence electrons.